The maximum atomic E-state index is 13.3. The lowest BCUT2D eigenvalue weighted by Crippen LogP contribution is -2.40. The highest BCUT2D eigenvalue weighted by atomic mass is 35.5. The molecular formula is C22H15Cl2F3N4O6. The molecule has 0 atom stereocenters. The van der Waals surface area contributed by atoms with Gasteiger partial charge in [0.15, 0.2) is 0 Å². The number of halogens is 5. The fraction of sp³-hybridized carbons (Fsp3) is 0.182. The molecule has 1 fully saturated rings. The Labute approximate surface area is 215 Å². The number of rotatable bonds is 5. The molecule has 1 aromatic heterocycles. The smallest absolute Gasteiger partial charge is 0.449 e. The minimum Gasteiger partial charge on any atom is -0.449 e. The predicted molar refractivity (Wildman–Crippen MR) is 126 cm³/mol. The van der Waals surface area contributed by atoms with Crippen LogP contribution in [-0.4, -0.2) is 39.5 Å². The Morgan fingerprint density at radius 2 is 1.86 bits per heavy atom. The van der Waals surface area contributed by atoms with E-state index in [1.165, 1.54) is 29.2 Å². The predicted octanol–water partition coefficient (Wildman–Crippen LogP) is 3.96. The summed E-state index contributed by atoms with van der Waals surface area (Å²) in [6.07, 6.45) is -5.84. The van der Waals surface area contributed by atoms with Crippen LogP contribution in [-0.2, 0) is 12.7 Å². The summed E-state index contributed by atoms with van der Waals surface area (Å²) in [5.74, 6) is -0.797. The quantitative estimate of drug-likeness (QED) is 0.457. The van der Waals surface area contributed by atoms with Gasteiger partial charge in [0, 0.05) is 13.1 Å². The summed E-state index contributed by atoms with van der Waals surface area (Å²) in [6, 6.07) is 6.71. The fourth-order valence-corrected chi connectivity index (χ4v) is 4.29. The molecule has 1 saturated heterocycles. The summed E-state index contributed by atoms with van der Waals surface area (Å²) >= 11 is 12.2. The largest absolute Gasteiger partial charge is 0.511 e. The van der Waals surface area contributed by atoms with Gasteiger partial charge in [0.25, 0.3) is 5.56 Å². The van der Waals surface area contributed by atoms with Crippen LogP contribution in [0.2, 0.25) is 10.0 Å². The van der Waals surface area contributed by atoms with Gasteiger partial charge in [-0.1, -0.05) is 35.3 Å². The molecule has 3 aromatic rings. The second-order valence-corrected chi connectivity index (χ2v) is 8.49. The van der Waals surface area contributed by atoms with Crippen molar-refractivity contribution in [2.24, 2.45) is 0 Å². The van der Waals surface area contributed by atoms with Crippen LogP contribution in [0.3, 0.4) is 0 Å². The maximum Gasteiger partial charge on any atom is 0.511 e. The molecule has 37 heavy (non-hydrogen) atoms. The van der Waals surface area contributed by atoms with Crippen LogP contribution < -0.4 is 26.2 Å². The summed E-state index contributed by atoms with van der Waals surface area (Å²) in [6.45, 7) is 0.0173. The van der Waals surface area contributed by atoms with Crippen molar-refractivity contribution in [3.8, 4) is 11.4 Å². The second kappa shape index (κ2) is 9.82. The van der Waals surface area contributed by atoms with Gasteiger partial charge in [-0.2, -0.15) is 13.2 Å². The van der Waals surface area contributed by atoms with Crippen molar-refractivity contribution in [1.29, 1.82) is 0 Å². The molecule has 0 spiro atoms. The number of urea groups is 1. The van der Waals surface area contributed by atoms with Gasteiger partial charge in [-0.05, 0) is 29.8 Å². The zero-order valence-electron chi connectivity index (χ0n) is 18.4. The number of carbonyl (C=O) groups is 2. The molecule has 15 heteroatoms. The highest BCUT2D eigenvalue weighted by Crippen LogP contribution is 2.36. The molecule has 0 aliphatic carbocycles. The number of ether oxygens (including phenoxy) is 1. The average Bonchev–Trinajstić information content (AvgIpc) is 3.24. The van der Waals surface area contributed by atoms with Crippen molar-refractivity contribution in [3.63, 3.8) is 0 Å². The number of hydrogen-bond acceptors (Lipinski definition) is 5. The van der Waals surface area contributed by atoms with E-state index in [9.17, 15) is 32.3 Å². The lowest BCUT2D eigenvalue weighted by Gasteiger charge is -2.18. The van der Waals surface area contributed by atoms with E-state index in [-0.39, 0.29) is 22.3 Å². The van der Waals surface area contributed by atoms with Crippen LogP contribution in [0.15, 0.2) is 52.2 Å². The Balaban J connectivity index is 1.85. The molecule has 194 valence electrons. The van der Waals surface area contributed by atoms with E-state index in [2.05, 4.69) is 10.1 Å². The third-order valence-corrected chi connectivity index (χ3v) is 6.16. The number of alkyl halides is 3. The molecular weight excluding hydrogens is 544 g/mol. The number of anilines is 1. The van der Waals surface area contributed by atoms with Gasteiger partial charge < -0.3 is 15.2 Å². The summed E-state index contributed by atoms with van der Waals surface area (Å²) in [5, 5.41) is 11.0. The molecule has 2 amide bonds. The van der Waals surface area contributed by atoms with Crippen LogP contribution >= 0.6 is 23.2 Å². The first kappa shape index (κ1) is 26.1. The number of carboxylic acid groups (broad SMARTS) is 1. The summed E-state index contributed by atoms with van der Waals surface area (Å²) in [5.41, 5.74) is -3.26. The van der Waals surface area contributed by atoms with Crippen molar-refractivity contribution >= 4 is 41.1 Å². The average molecular weight is 559 g/mol. The number of nitrogens with one attached hydrogen (secondary N) is 1. The van der Waals surface area contributed by atoms with E-state index in [1.54, 1.807) is 0 Å². The number of hydrogen-bond donors (Lipinski definition) is 2. The van der Waals surface area contributed by atoms with Crippen molar-refractivity contribution < 1.29 is 32.6 Å². The summed E-state index contributed by atoms with van der Waals surface area (Å²) in [4.78, 5) is 50.6. The number of aromatic nitrogens is 2. The first-order valence-electron chi connectivity index (χ1n) is 10.4. The molecule has 2 N–H and O–H groups in total. The fourth-order valence-electron chi connectivity index (χ4n) is 3.72. The SMILES string of the molecule is O=C(O)Oc1cn(-c2ccc(N3CCNC3=O)c(Cl)c2)c(=O)n(Cc2cccc(C(F)(F)F)c2Cl)c1=O. The molecule has 1 aliphatic rings. The number of benzene rings is 2. The van der Waals surface area contributed by atoms with Crippen LogP contribution in [0.25, 0.3) is 5.69 Å². The van der Waals surface area contributed by atoms with Crippen LogP contribution in [0.4, 0.5) is 28.4 Å². The molecule has 10 nitrogen and oxygen atoms in total. The zero-order valence-corrected chi connectivity index (χ0v) is 19.9. The van der Waals surface area contributed by atoms with Crippen molar-refractivity contribution in [2.45, 2.75) is 12.7 Å². The number of nitrogens with zero attached hydrogens (tertiary/aromatic N) is 3. The normalized spacial score (nSPS) is 13.5. The first-order chi connectivity index (χ1) is 17.4. The van der Waals surface area contributed by atoms with Crippen molar-refractivity contribution in [2.75, 3.05) is 18.0 Å². The molecule has 0 radical (unpaired) electrons. The van der Waals surface area contributed by atoms with Gasteiger partial charge in [0.05, 0.1) is 39.7 Å². The number of amides is 2. The number of carbonyl (C=O) groups excluding carboxylic acids is 1. The topological polar surface area (TPSA) is 123 Å². The van der Waals surface area contributed by atoms with E-state index in [1.807, 2.05) is 0 Å². The van der Waals surface area contributed by atoms with Crippen molar-refractivity contribution in [3.05, 3.63) is 84.6 Å². The summed E-state index contributed by atoms with van der Waals surface area (Å²) in [7, 11) is 0. The van der Waals surface area contributed by atoms with Gasteiger partial charge in [-0.3, -0.25) is 18.8 Å². The molecule has 4 rings (SSSR count). The maximum absolute atomic E-state index is 13.3. The molecule has 2 heterocycles. The Bertz CT molecular complexity index is 1540. The Hall–Kier alpha value is -3.97. The standard InChI is InChI=1S/C22H15Cl2F3N4O6/c23-14-8-12(4-5-15(14)29-7-6-28-19(29)33)30-10-16(37-21(35)36)18(32)31(20(30)34)9-11-2-1-3-13(17(11)24)22(25,26)27/h1-5,8,10H,6-7,9H2,(H,28,33)(H,35,36). The first-order valence-corrected chi connectivity index (χ1v) is 11.1. The summed E-state index contributed by atoms with van der Waals surface area (Å²) < 4.78 is 45.7. The van der Waals surface area contributed by atoms with E-state index in [0.29, 0.717) is 23.3 Å². The van der Waals surface area contributed by atoms with Crippen molar-refractivity contribution in [1.82, 2.24) is 14.5 Å². The third kappa shape index (κ3) is 5.13. The zero-order chi connectivity index (χ0) is 27.1. The minimum atomic E-state index is -4.79. The minimum absolute atomic E-state index is 0.0532. The van der Waals surface area contributed by atoms with Gasteiger partial charge in [0.2, 0.25) is 5.75 Å². The van der Waals surface area contributed by atoms with Crippen LogP contribution in [0.1, 0.15) is 11.1 Å². The molecule has 2 aromatic carbocycles. The van der Waals surface area contributed by atoms with E-state index >= 15 is 0 Å². The Morgan fingerprint density at radius 1 is 1.14 bits per heavy atom. The molecule has 1 aliphatic heterocycles. The monoisotopic (exact) mass is 558 g/mol. The van der Waals surface area contributed by atoms with Gasteiger partial charge >= 0.3 is 24.1 Å². The highest BCUT2D eigenvalue weighted by Gasteiger charge is 2.34. The molecule has 0 saturated carbocycles. The van der Waals surface area contributed by atoms with Gasteiger partial charge in [-0.25, -0.2) is 14.4 Å². The van der Waals surface area contributed by atoms with E-state index < -0.39 is 46.5 Å². The third-order valence-electron chi connectivity index (χ3n) is 5.41. The van der Waals surface area contributed by atoms with Gasteiger partial charge in [-0.15, -0.1) is 0 Å². The van der Waals surface area contributed by atoms with Crippen LogP contribution in [0, 0.1) is 0 Å². The molecule has 0 bridgehead atoms. The van der Waals surface area contributed by atoms with E-state index in [0.717, 1.165) is 22.9 Å². The lowest BCUT2D eigenvalue weighted by molar-refractivity contribution is -0.137. The van der Waals surface area contributed by atoms with Crippen LogP contribution in [0.5, 0.6) is 5.75 Å². The van der Waals surface area contributed by atoms with E-state index in [4.69, 9.17) is 28.3 Å². The molecule has 0 unspecified atom stereocenters. The van der Waals surface area contributed by atoms with Gasteiger partial charge in [0.1, 0.15) is 0 Å². The Kier molecular flexibility index (Phi) is 6.93. The highest BCUT2D eigenvalue weighted by molar-refractivity contribution is 6.34. The second-order valence-electron chi connectivity index (χ2n) is 7.70. The lowest BCUT2D eigenvalue weighted by atomic mass is 10.1. The Morgan fingerprint density at radius 3 is 2.46 bits per heavy atom.